The predicted octanol–water partition coefficient (Wildman–Crippen LogP) is 2.75. The Morgan fingerprint density at radius 3 is 2.43 bits per heavy atom. The standard InChI is InChI=1S/C21H26N4O3.C2HF3O2/c1-23(2)20(27)21-9-6-11-24(19(26)17-7-5-12-28-17)13-16(21)14-25(15-21)18-8-3-4-10-22-18;3-2(4,5)1(6)7/h3-5,7-8,10,12,16H,6,9,11,13-15H2,1-2H3;(H,6,7)/t16-,21-;/m0./s1. The molecule has 35 heavy (non-hydrogen) atoms. The summed E-state index contributed by atoms with van der Waals surface area (Å²) in [6, 6.07) is 9.25. The van der Waals surface area contributed by atoms with E-state index in [4.69, 9.17) is 14.3 Å². The van der Waals surface area contributed by atoms with E-state index in [0.717, 1.165) is 18.7 Å². The Hall–Kier alpha value is -3.57. The maximum atomic E-state index is 13.3. The maximum Gasteiger partial charge on any atom is 0.490 e. The lowest BCUT2D eigenvalue weighted by Gasteiger charge is -2.34. The highest BCUT2D eigenvalue weighted by molar-refractivity contribution is 5.91. The summed E-state index contributed by atoms with van der Waals surface area (Å²) in [5.41, 5.74) is -0.501. The van der Waals surface area contributed by atoms with Crippen molar-refractivity contribution < 1.29 is 37.1 Å². The van der Waals surface area contributed by atoms with Gasteiger partial charge < -0.3 is 24.2 Å². The second kappa shape index (κ2) is 10.4. The molecule has 9 nitrogen and oxygen atoms in total. The number of pyridine rings is 1. The number of carboxylic acid groups (broad SMARTS) is 1. The van der Waals surface area contributed by atoms with Crippen LogP contribution in [0.4, 0.5) is 19.0 Å². The highest BCUT2D eigenvalue weighted by Crippen LogP contribution is 2.45. The number of fused-ring (bicyclic) bond motifs is 1. The second-order valence-corrected chi connectivity index (χ2v) is 8.76. The summed E-state index contributed by atoms with van der Waals surface area (Å²) in [6.07, 6.45) is -0.238. The summed E-state index contributed by atoms with van der Waals surface area (Å²) in [7, 11) is 3.63. The third-order valence-corrected chi connectivity index (χ3v) is 6.25. The molecule has 12 heteroatoms. The molecule has 2 atom stereocenters. The molecule has 2 fully saturated rings. The Balaban J connectivity index is 0.000000429. The summed E-state index contributed by atoms with van der Waals surface area (Å²) in [4.78, 5) is 45.3. The molecule has 2 aromatic rings. The minimum Gasteiger partial charge on any atom is -0.475 e. The Morgan fingerprint density at radius 1 is 1.17 bits per heavy atom. The lowest BCUT2D eigenvalue weighted by atomic mass is 9.74. The number of aliphatic carboxylic acids is 1. The average molecular weight is 496 g/mol. The molecule has 4 heterocycles. The van der Waals surface area contributed by atoms with E-state index in [-0.39, 0.29) is 17.7 Å². The van der Waals surface area contributed by atoms with Gasteiger partial charge in [-0.05, 0) is 37.1 Å². The number of nitrogens with zero attached hydrogens (tertiary/aromatic N) is 4. The van der Waals surface area contributed by atoms with Crippen LogP contribution in [-0.2, 0) is 9.59 Å². The van der Waals surface area contributed by atoms with Gasteiger partial charge in [-0.25, -0.2) is 9.78 Å². The van der Waals surface area contributed by atoms with E-state index in [1.54, 1.807) is 23.2 Å². The summed E-state index contributed by atoms with van der Waals surface area (Å²) in [5.74, 6) is -1.44. The molecule has 0 saturated carbocycles. The molecule has 0 aromatic carbocycles. The number of furan rings is 1. The number of carbonyl (C=O) groups excluding carboxylic acids is 2. The van der Waals surface area contributed by atoms with Crippen LogP contribution in [0.25, 0.3) is 0 Å². The zero-order chi connectivity index (χ0) is 25.8. The summed E-state index contributed by atoms with van der Waals surface area (Å²) < 4.78 is 37.1. The first-order chi connectivity index (χ1) is 16.5. The number of hydrogen-bond donors (Lipinski definition) is 1. The van der Waals surface area contributed by atoms with Gasteiger partial charge in [0.1, 0.15) is 5.82 Å². The van der Waals surface area contributed by atoms with Crippen LogP contribution in [0.2, 0.25) is 0 Å². The number of likely N-dealkylation sites (tertiary alicyclic amines) is 1. The van der Waals surface area contributed by atoms with E-state index in [1.807, 2.05) is 37.2 Å². The number of carboxylic acids is 1. The minimum atomic E-state index is -5.08. The molecule has 1 N–H and O–H groups in total. The summed E-state index contributed by atoms with van der Waals surface area (Å²) >= 11 is 0. The van der Waals surface area contributed by atoms with Crippen LogP contribution in [-0.4, -0.2) is 84.1 Å². The van der Waals surface area contributed by atoms with Crippen molar-refractivity contribution in [2.24, 2.45) is 11.3 Å². The minimum absolute atomic E-state index is 0.0471. The van der Waals surface area contributed by atoms with Crippen LogP contribution >= 0.6 is 0 Å². The summed E-state index contributed by atoms with van der Waals surface area (Å²) in [5, 5.41) is 7.12. The van der Waals surface area contributed by atoms with E-state index < -0.39 is 17.6 Å². The largest absolute Gasteiger partial charge is 0.490 e. The fourth-order valence-electron chi connectivity index (χ4n) is 4.68. The number of amides is 2. The molecule has 190 valence electrons. The average Bonchev–Trinajstić information content (AvgIpc) is 3.44. The molecule has 0 unspecified atom stereocenters. The van der Waals surface area contributed by atoms with Gasteiger partial charge in [-0.1, -0.05) is 6.07 Å². The van der Waals surface area contributed by atoms with Crippen LogP contribution in [0.3, 0.4) is 0 Å². The Morgan fingerprint density at radius 2 is 1.89 bits per heavy atom. The number of carbonyl (C=O) groups is 3. The molecule has 0 spiro atoms. The third kappa shape index (κ3) is 5.75. The Labute approximate surface area is 200 Å². The third-order valence-electron chi connectivity index (χ3n) is 6.25. The van der Waals surface area contributed by atoms with Crippen molar-refractivity contribution in [2.45, 2.75) is 19.0 Å². The maximum absolute atomic E-state index is 13.3. The van der Waals surface area contributed by atoms with Crippen molar-refractivity contribution in [1.82, 2.24) is 14.8 Å². The smallest absolute Gasteiger partial charge is 0.475 e. The first-order valence-electron chi connectivity index (χ1n) is 11.0. The molecule has 2 aliphatic heterocycles. The number of hydrogen-bond acceptors (Lipinski definition) is 6. The molecular weight excluding hydrogens is 469 g/mol. The van der Waals surface area contributed by atoms with Gasteiger partial charge in [0.15, 0.2) is 5.76 Å². The lowest BCUT2D eigenvalue weighted by molar-refractivity contribution is -0.192. The molecule has 2 saturated heterocycles. The van der Waals surface area contributed by atoms with Crippen molar-refractivity contribution >= 4 is 23.6 Å². The van der Waals surface area contributed by atoms with Crippen LogP contribution < -0.4 is 4.90 Å². The van der Waals surface area contributed by atoms with Gasteiger partial charge in [0, 0.05) is 52.4 Å². The number of alkyl halides is 3. The topological polar surface area (TPSA) is 107 Å². The quantitative estimate of drug-likeness (QED) is 0.696. The van der Waals surface area contributed by atoms with Gasteiger partial charge in [0.25, 0.3) is 5.91 Å². The van der Waals surface area contributed by atoms with E-state index in [2.05, 4.69) is 9.88 Å². The first-order valence-corrected chi connectivity index (χ1v) is 11.0. The fraction of sp³-hybridized carbons (Fsp3) is 0.478. The molecule has 2 aliphatic rings. The number of anilines is 1. The van der Waals surface area contributed by atoms with E-state index in [1.165, 1.54) is 6.26 Å². The predicted molar refractivity (Wildman–Crippen MR) is 119 cm³/mol. The van der Waals surface area contributed by atoms with E-state index in [0.29, 0.717) is 31.9 Å². The van der Waals surface area contributed by atoms with Crippen LogP contribution in [0, 0.1) is 11.3 Å². The zero-order valence-corrected chi connectivity index (χ0v) is 19.4. The Bertz CT molecular complexity index is 1030. The van der Waals surface area contributed by atoms with Crippen LogP contribution in [0.5, 0.6) is 0 Å². The lowest BCUT2D eigenvalue weighted by Crippen LogP contribution is -2.47. The highest BCUT2D eigenvalue weighted by atomic mass is 19.4. The fourth-order valence-corrected chi connectivity index (χ4v) is 4.68. The van der Waals surface area contributed by atoms with Crippen molar-refractivity contribution in [1.29, 1.82) is 0 Å². The van der Waals surface area contributed by atoms with Gasteiger partial charge in [0.05, 0.1) is 11.7 Å². The zero-order valence-electron chi connectivity index (χ0n) is 19.4. The SMILES string of the molecule is CN(C)C(=O)[C@]12CCCN(C(=O)c3ccco3)C[C@H]1CN(c1ccccn1)C2.O=C(O)C(F)(F)F. The molecule has 2 amide bonds. The van der Waals surface area contributed by atoms with Crippen molar-refractivity contribution in [3.8, 4) is 0 Å². The van der Waals surface area contributed by atoms with Crippen LogP contribution in [0.15, 0.2) is 47.2 Å². The van der Waals surface area contributed by atoms with E-state index in [9.17, 15) is 22.8 Å². The first kappa shape index (κ1) is 26.0. The summed E-state index contributed by atoms with van der Waals surface area (Å²) in [6.45, 7) is 2.53. The van der Waals surface area contributed by atoms with Gasteiger partial charge in [-0.2, -0.15) is 13.2 Å². The molecular formula is C23H27F3N4O5. The molecule has 2 aromatic heterocycles. The second-order valence-electron chi connectivity index (χ2n) is 8.76. The van der Waals surface area contributed by atoms with Gasteiger partial charge >= 0.3 is 12.1 Å². The molecule has 0 aliphatic carbocycles. The van der Waals surface area contributed by atoms with Gasteiger partial charge in [0.2, 0.25) is 5.91 Å². The molecule has 0 radical (unpaired) electrons. The van der Waals surface area contributed by atoms with Gasteiger partial charge in [-0.3, -0.25) is 9.59 Å². The van der Waals surface area contributed by atoms with Crippen LogP contribution in [0.1, 0.15) is 23.4 Å². The normalized spacial score (nSPS) is 21.9. The highest BCUT2D eigenvalue weighted by Gasteiger charge is 2.54. The van der Waals surface area contributed by atoms with Crippen molar-refractivity contribution in [3.05, 3.63) is 48.6 Å². The number of aromatic nitrogens is 1. The number of halogens is 3. The Kier molecular flexibility index (Phi) is 7.71. The molecule has 4 rings (SSSR count). The van der Waals surface area contributed by atoms with Crippen molar-refractivity contribution in [3.63, 3.8) is 0 Å². The van der Waals surface area contributed by atoms with Gasteiger partial charge in [-0.15, -0.1) is 0 Å². The van der Waals surface area contributed by atoms with E-state index >= 15 is 0 Å². The monoisotopic (exact) mass is 496 g/mol. The van der Waals surface area contributed by atoms with Crippen molar-refractivity contribution in [2.75, 3.05) is 45.2 Å². The molecule has 0 bridgehead atoms. The number of rotatable bonds is 3.